The summed E-state index contributed by atoms with van der Waals surface area (Å²) in [5, 5.41) is 0. The minimum absolute atomic E-state index is 0. The van der Waals surface area contributed by atoms with Gasteiger partial charge in [-0.05, 0) is 0 Å². The van der Waals surface area contributed by atoms with E-state index in [9.17, 15) is 0 Å². The summed E-state index contributed by atoms with van der Waals surface area (Å²) >= 11 is 0. The van der Waals surface area contributed by atoms with Crippen LogP contribution in [0.15, 0.2) is 0 Å². The summed E-state index contributed by atoms with van der Waals surface area (Å²) in [7, 11) is 0. The van der Waals surface area contributed by atoms with Gasteiger partial charge in [-0.15, -0.1) is 0 Å². The number of nitrogens with two attached hydrogens (primary N) is 6. The van der Waals surface area contributed by atoms with Gasteiger partial charge in [0.15, 0.2) is 0 Å². The molecule has 6 nitrogen and oxygen atoms in total. The van der Waals surface area contributed by atoms with Crippen LogP contribution in [0.5, 0.6) is 0 Å². The van der Waals surface area contributed by atoms with Crippen LogP contribution in [0.25, 0.3) is 0 Å². The molecule has 0 rings (SSSR count). The average Bonchev–Trinajstić information content (AvgIpc) is 2.18. The predicted octanol–water partition coefficient (Wildman–Crippen LogP) is -3.30. The summed E-state index contributed by atoms with van der Waals surface area (Å²) in [6.07, 6.45) is 0. The molecule has 0 aliphatic heterocycles. The molecule has 12 N–H and O–H groups in total. The Morgan fingerprint density at radius 1 is 0.389 bits per heavy atom. The second kappa shape index (κ2) is 93.3. The standard InChI is InChI=1S/3C2H8N2.Mn.Mo.4S/c3*3-1-2-4;;;;;;/h3*1-4H2;;;;;;/q;;;;+4;4*-2. The van der Waals surface area contributed by atoms with Crippen LogP contribution in [-0.2, 0) is 92.1 Å². The van der Waals surface area contributed by atoms with Crippen LogP contribution in [0.3, 0.4) is 0 Å². The van der Waals surface area contributed by atoms with Crippen molar-refractivity contribution in [3.63, 3.8) is 0 Å². The van der Waals surface area contributed by atoms with Crippen molar-refractivity contribution in [3.05, 3.63) is 0 Å². The van der Waals surface area contributed by atoms with Gasteiger partial charge in [0.1, 0.15) is 0 Å². The van der Waals surface area contributed by atoms with Crippen LogP contribution >= 0.6 is 0 Å². The number of hydrogen-bond acceptors (Lipinski definition) is 6. The third kappa shape index (κ3) is 192. The summed E-state index contributed by atoms with van der Waals surface area (Å²) in [5.74, 6) is 0. The molecule has 0 atom stereocenters. The van der Waals surface area contributed by atoms with Gasteiger partial charge in [-0.25, -0.2) is 0 Å². The molecule has 119 valence electrons. The first kappa shape index (κ1) is 59.1. The maximum Gasteiger partial charge on any atom is 4.00 e. The first-order valence-corrected chi connectivity index (χ1v) is 3.95. The Morgan fingerprint density at radius 3 is 0.444 bits per heavy atom. The molecule has 0 unspecified atom stereocenters. The topological polar surface area (TPSA) is 156 Å². The Balaban J connectivity index is -0.00000000827. The molecule has 0 bridgehead atoms. The maximum absolute atomic E-state index is 4.90. The Bertz CT molecular complexity index is 51.5. The Hall–Kier alpha value is 2.37. The van der Waals surface area contributed by atoms with Crippen molar-refractivity contribution in [2.75, 3.05) is 39.3 Å². The van der Waals surface area contributed by atoms with Crippen molar-refractivity contribution < 1.29 is 38.1 Å². The van der Waals surface area contributed by atoms with Gasteiger partial charge >= 0.3 is 21.1 Å². The zero-order valence-corrected chi connectivity index (χ0v) is 16.6. The SMILES string of the molecule is NCCN.NCCN.NCCN.[Mn].[Mo+4].[S-2].[S-2].[S-2].[S-2]. The van der Waals surface area contributed by atoms with Crippen molar-refractivity contribution in [1.29, 1.82) is 0 Å². The monoisotopic (exact) mass is 461 g/mol. The summed E-state index contributed by atoms with van der Waals surface area (Å²) in [5.41, 5.74) is 29.4. The van der Waals surface area contributed by atoms with E-state index in [2.05, 4.69) is 0 Å². The fourth-order valence-electron chi connectivity index (χ4n) is 0. The molecule has 0 aromatic rings. The molecule has 0 fully saturated rings. The van der Waals surface area contributed by atoms with Gasteiger partial charge in [0, 0.05) is 56.3 Å². The largest absolute Gasteiger partial charge is 4.00 e. The first-order valence-electron chi connectivity index (χ1n) is 3.95. The summed E-state index contributed by atoms with van der Waals surface area (Å²) in [6, 6.07) is 0. The molecule has 0 aliphatic carbocycles. The molecule has 0 aliphatic rings. The Morgan fingerprint density at radius 2 is 0.444 bits per heavy atom. The molecule has 0 saturated heterocycles. The minimum Gasteiger partial charge on any atom is -2.00 e. The average molecular weight is 459 g/mol. The van der Waals surface area contributed by atoms with Crippen LogP contribution in [0.1, 0.15) is 0 Å². The molecule has 0 spiro atoms. The molecular formula is C6H24MnMoN6S4-4. The van der Waals surface area contributed by atoms with E-state index in [0.717, 1.165) is 0 Å². The van der Waals surface area contributed by atoms with Crippen LogP contribution in [0.4, 0.5) is 0 Å². The van der Waals surface area contributed by atoms with E-state index in [1.54, 1.807) is 0 Å². The molecule has 18 heavy (non-hydrogen) atoms. The Labute approximate surface area is 164 Å². The van der Waals surface area contributed by atoms with Gasteiger partial charge in [0.25, 0.3) is 0 Å². The first-order chi connectivity index (χ1) is 5.74. The van der Waals surface area contributed by atoms with Crippen molar-refractivity contribution in [3.8, 4) is 0 Å². The molecule has 0 amide bonds. The third-order valence-corrected chi connectivity index (χ3v) is 0.500. The second-order valence-electron chi connectivity index (χ2n) is 1.73. The van der Waals surface area contributed by atoms with Gasteiger partial charge in [-0.2, -0.15) is 0 Å². The summed E-state index contributed by atoms with van der Waals surface area (Å²) in [6.45, 7) is 3.58. The molecule has 12 heteroatoms. The van der Waals surface area contributed by atoms with E-state index in [-0.39, 0.29) is 92.1 Å². The van der Waals surface area contributed by atoms with Gasteiger partial charge in [-0.1, -0.05) is 0 Å². The number of hydrogen-bond donors (Lipinski definition) is 6. The zero-order valence-electron chi connectivity index (χ0n) is 10.1. The van der Waals surface area contributed by atoms with E-state index >= 15 is 0 Å². The van der Waals surface area contributed by atoms with E-state index in [0.29, 0.717) is 39.3 Å². The fraction of sp³-hybridized carbons (Fsp3) is 1.00. The van der Waals surface area contributed by atoms with E-state index in [1.807, 2.05) is 0 Å². The summed E-state index contributed by atoms with van der Waals surface area (Å²) in [4.78, 5) is 0. The van der Waals surface area contributed by atoms with Crippen molar-refractivity contribution in [2.24, 2.45) is 34.4 Å². The van der Waals surface area contributed by atoms with Gasteiger partial charge in [0.05, 0.1) is 0 Å². The van der Waals surface area contributed by atoms with E-state index in [1.165, 1.54) is 0 Å². The quantitative estimate of drug-likeness (QED) is 0.243. The molecule has 0 heterocycles. The third-order valence-electron chi connectivity index (χ3n) is 0.500. The number of rotatable bonds is 3. The van der Waals surface area contributed by atoms with Gasteiger partial charge in [0.2, 0.25) is 0 Å². The molecule has 0 saturated carbocycles. The normalized spacial score (nSPS) is 5.00. The van der Waals surface area contributed by atoms with Gasteiger partial charge in [-0.3, -0.25) is 0 Å². The summed E-state index contributed by atoms with van der Waals surface area (Å²) < 4.78 is 0. The Kier molecular flexibility index (Phi) is 307. The van der Waals surface area contributed by atoms with E-state index < -0.39 is 0 Å². The van der Waals surface area contributed by atoms with Crippen LogP contribution < -0.4 is 34.4 Å². The zero-order chi connectivity index (χ0) is 10.2. The molecule has 0 aromatic heterocycles. The molecular weight excluding hydrogens is 435 g/mol. The van der Waals surface area contributed by atoms with Crippen LogP contribution in [0, 0.1) is 0 Å². The van der Waals surface area contributed by atoms with E-state index in [4.69, 9.17) is 34.4 Å². The van der Waals surface area contributed by atoms with Gasteiger partial charge < -0.3 is 88.4 Å². The van der Waals surface area contributed by atoms with Crippen molar-refractivity contribution in [1.82, 2.24) is 0 Å². The van der Waals surface area contributed by atoms with Crippen molar-refractivity contribution in [2.45, 2.75) is 0 Å². The second-order valence-corrected chi connectivity index (χ2v) is 1.73. The van der Waals surface area contributed by atoms with Crippen molar-refractivity contribution >= 4 is 54.0 Å². The maximum atomic E-state index is 4.90. The minimum atomic E-state index is 0. The smallest absolute Gasteiger partial charge is 2.00 e. The molecule has 0 aromatic carbocycles. The van der Waals surface area contributed by atoms with Crippen LogP contribution in [0.2, 0.25) is 0 Å². The fourth-order valence-corrected chi connectivity index (χ4v) is 0. The molecule has 1 radical (unpaired) electrons. The van der Waals surface area contributed by atoms with Crippen LogP contribution in [-0.4, -0.2) is 39.3 Å². The predicted molar refractivity (Wildman–Crippen MR) is 83.8 cm³/mol.